The van der Waals surface area contributed by atoms with Gasteiger partial charge < -0.3 is 10.6 Å². The van der Waals surface area contributed by atoms with Crippen molar-refractivity contribution < 1.29 is 13.2 Å². The summed E-state index contributed by atoms with van der Waals surface area (Å²) in [6.07, 6.45) is 3.29. The van der Waals surface area contributed by atoms with E-state index in [0.29, 0.717) is 22.9 Å². The smallest absolute Gasteiger partial charge is 0.319 e. The number of benzene rings is 2. The summed E-state index contributed by atoms with van der Waals surface area (Å²) in [7, 11) is -3.80. The number of aromatic nitrogens is 1. The minimum absolute atomic E-state index is 0.0511. The Balaban J connectivity index is 1.61. The standard InChI is InChI=1S/C19H17ClN4O3S/c20-17-3-1-2-4-18(17)24-28(26,27)16-7-5-15(6-8-16)23-19(25)22-13-14-9-11-21-12-10-14/h1-12,24H,13H2,(H2,22,23,25). The van der Waals surface area contributed by atoms with Gasteiger partial charge in [0.2, 0.25) is 0 Å². The van der Waals surface area contributed by atoms with E-state index < -0.39 is 16.1 Å². The van der Waals surface area contributed by atoms with Crippen LogP contribution in [0.3, 0.4) is 0 Å². The Hall–Kier alpha value is -3.10. The largest absolute Gasteiger partial charge is 0.334 e. The van der Waals surface area contributed by atoms with Crippen LogP contribution in [0.15, 0.2) is 78.0 Å². The van der Waals surface area contributed by atoms with Crippen molar-refractivity contribution in [1.29, 1.82) is 0 Å². The molecule has 9 heteroatoms. The molecule has 0 spiro atoms. The van der Waals surface area contributed by atoms with Gasteiger partial charge in [-0.15, -0.1) is 0 Å². The van der Waals surface area contributed by atoms with Crippen LogP contribution in [-0.2, 0) is 16.6 Å². The molecule has 3 N–H and O–H groups in total. The van der Waals surface area contributed by atoms with Crippen LogP contribution in [0.5, 0.6) is 0 Å². The molecule has 2 amide bonds. The number of hydrogen-bond donors (Lipinski definition) is 3. The minimum atomic E-state index is -3.80. The Bertz CT molecular complexity index is 1060. The quantitative estimate of drug-likeness (QED) is 0.568. The fraction of sp³-hybridized carbons (Fsp3) is 0.0526. The second-order valence-electron chi connectivity index (χ2n) is 5.77. The maximum Gasteiger partial charge on any atom is 0.319 e. The van der Waals surface area contributed by atoms with E-state index in [4.69, 9.17) is 11.6 Å². The molecule has 0 aliphatic heterocycles. The number of carbonyl (C=O) groups excluding carboxylic acids is 1. The first-order chi connectivity index (χ1) is 13.4. The van der Waals surface area contributed by atoms with Crippen molar-refractivity contribution in [3.05, 3.63) is 83.6 Å². The lowest BCUT2D eigenvalue weighted by Gasteiger charge is -2.11. The van der Waals surface area contributed by atoms with Gasteiger partial charge in [-0.2, -0.15) is 0 Å². The highest BCUT2D eigenvalue weighted by Crippen LogP contribution is 2.24. The molecular weight excluding hydrogens is 400 g/mol. The minimum Gasteiger partial charge on any atom is -0.334 e. The van der Waals surface area contributed by atoms with Crippen LogP contribution in [-0.4, -0.2) is 19.4 Å². The highest BCUT2D eigenvalue weighted by molar-refractivity contribution is 7.92. The fourth-order valence-corrected chi connectivity index (χ4v) is 3.64. The number of pyridine rings is 1. The second kappa shape index (κ2) is 8.73. The number of nitrogens with zero attached hydrogens (tertiary/aromatic N) is 1. The number of hydrogen-bond acceptors (Lipinski definition) is 4. The molecule has 1 aromatic heterocycles. The highest BCUT2D eigenvalue weighted by Gasteiger charge is 2.15. The molecule has 3 aromatic rings. The summed E-state index contributed by atoms with van der Waals surface area (Å²) in [5.41, 5.74) is 1.67. The highest BCUT2D eigenvalue weighted by atomic mass is 35.5. The summed E-state index contributed by atoms with van der Waals surface area (Å²) in [5, 5.41) is 5.66. The first kappa shape index (κ1) is 19.7. The summed E-state index contributed by atoms with van der Waals surface area (Å²) >= 11 is 5.99. The van der Waals surface area contributed by atoms with Crippen molar-refractivity contribution in [1.82, 2.24) is 10.3 Å². The predicted octanol–water partition coefficient (Wildman–Crippen LogP) is 3.86. The van der Waals surface area contributed by atoms with Gasteiger partial charge in [-0.3, -0.25) is 9.71 Å². The summed E-state index contributed by atoms with van der Waals surface area (Å²) < 4.78 is 27.4. The molecule has 3 rings (SSSR count). The van der Waals surface area contributed by atoms with Gasteiger partial charge >= 0.3 is 6.03 Å². The first-order valence-corrected chi connectivity index (χ1v) is 10.1. The summed E-state index contributed by atoms with van der Waals surface area (Å²) in [4.78, 5) is 15.9. The van der Waals surface area contributed by atoms with Crippen LogP contribution in [0.1, 0.15) is 5.56 Å². The molecule has 144 valence electrons. The number of halogens is 1. The van der Waals surface area contributed by atoms with Gasteiger partial charge in [0.05, 0.1) is 15.6 Å². The van der Waals surface area contributed by atoms with Crippen molar-refractivity contribution in [2.75, 3.05) is 10.0 Å². The summed E-state index contributed by atoms with van der Waals surface area (Å²) in [6.45, 7) is 0.350. The van der Waals surface area contributed by atoms with Crippen LogP contribution in [0.25, 0.3) is 0 Å². The Morgan fingerprint density at radius 2 is 1.64 bits per heavy atom. The fourth-order valence-electron chi connectivity index (χ4n) is 2.32. The Kier molecular flexibility index (Phi) is 6.13. The van der Waals surface area contributed by atoms with Crippen molar-refractivity contribution in [2.24, 2.45) is 0 Å². The number of amides is 2. The number of urea groups is 1. The van der Waals surface area contributed by atoms with Crippen LogP contribution < -0.4 is 15.4 Å². The lowest BCUT2D eigenvalue weighted by molar-refractivity contribution is 0.251. The van der Waals surface area contributed by atoms with Crippen LogP contribution in [0, 0.1) is 0 Å². The zero-order chi connectivity index (χ0) is 20.0. The zero-order valence-corrected chi connectivity index (χ0v) is 16.2. The molecule has 0 atom stereocenters. The van der Waals surface area contributed by atoms with E-state index in [2.05, 4.69) is 20.3 Å². The van der Waals surface area contributed by atoms with Crippen molar-refractivity contribution in [2.45, 2.75) is 11.4 Å². The number of anilines is 2. The van der Waals surface area contributed by atoms with E-state index in [-0.39, 0.29) is 4.90 Å². The maximum atomic E-state index is 12.5. The van der Waals surface area contributed by atoms with Crippen molar-refractivity contribution >= 4 is 39.0 Å². The topological polar surface area (TPSA) is 100 Å². The average Bonchev–Trinajstić information content (AvgIpc) is 2.69. The molecule has 7 nitrogen and oxygen atoms in total. The number of sulfonamides is 1. The molecular formula is C19H17ClN4O3S. The summed E-state index contributed by atoms with van der Waals surface area (Å²) in [5.74, 6) is 0. The van der Waals surface area contributed by atoms with Gasteiger partial charge in [-0.1, -0.05) is 23.7 Å². The SMILES string of the molecule is O=C(NCc1ccncc1)Nc1ccc(S(=O)(=O)Nc2ccccc2Cl)cc1. The Morgan fingerprint density at radius 1 is 0.964 bits per heavy atom. The van der Waals surface area contributed by atoms with Gasteiger partial charge in [0.25, 0.3) is 10.0 Å². The lowest BCUT2D eigenvalue weighted by atomic mass is 10.3. The van der Waals surface area contributed by atoms with Gasteiger partial charge in [0, 0.05) is 24.6 Å². The van der Waals surface area contributed by atoms with Crippen molar-refractivity contribution in [3.63, 3.8) is 0 Å². The monoisotopic (exact) mass is 416 g/mol. The van der Waals surface area contributed by atoms with Crippen molar-refractivity contribution in [3.8, 4) is 0 Å². The number of carbonyl (C=O) groups is 1. The molecule has 0 unspecified atom stereocenters. The third-order valence-corrected chi connectivity index (χ3v) is 5.45. The van der Waals surface area contributed by atoms with Crippen LogP contribution in [0.2, 0.25) is 5.02 Å². The third-order valence-electron chi connectivity index (χ3n) is 3.74. The number of para-hydroxylation sites is 1. The third kappa shape index (κ3) is 5.21. The molecule has 0 aliphatic rings. The van der Waals surface area contributed by atoms with Crippen LogP contribution >= 0.6 is 11.6 Å². The Morgan fingerprint density at radius 3 is 2.32 bits per heavy atom. The number of rotatable bonds is 6. The predicted molar refractivity (Wildman–Crippen MR) is 109 cm³/mol. The van der Waals surface area contributed by atoms with E-state index >= 15 is 0 Å². The second-order valence-corrected chi connectivity index (χ2v) is 7.86. The zero-order valence-electron chi connectivity index (χ0n) is 14.6. The van der Waals surface area contributed by atoms with Gasteiger partial charge in [0.1, 0.15) is 0 Å². The van der Waals surface area contributed by atoms with Gasteiger partial charge in [-0.25, -0.2) is 13.2 Å². The molecule has 0 fully saturated rings. The van der Waals surface area contributed by atoms with E-state index in [1.807, 2.05) is 0 Å². The average molecular weight is 417 g/mol. The molecule has 1 heterocycles. The van der Waals surface area contributed by atoms with E-state index in [1.54, 1.807) is 48.8 Å². The van der Waals surface area contributed by atoms with Crippen LogP contribution in [0.4, 0.5) is 16.2 Å². The molecule has 0 aliphatic carbocycles. The van der Waals surface area contributed by atoms with E-state index in [0.717, 1.165) is 5.56 Å². The van der Waals surface area contributed by atoms with E-state index in [1.165, 1.54) is 24.3 Å². The van der Waals surface area contributed by atoms with Gasteiger partial charge in [0.15, 0.2) is 0 Å². The molecule has 0 radical (unpaired) electrons. The molecule has 0 saturated carbocycles. The summed E-state index contributed by atoms with van der Waals surface area (Å²) in [6, 6.07) is 15.6. The normalized spacial score (nSPS) is 10.9. The molecule has 2 aromatic carbocycles. The maximum absolute atomic E-state index is 12.5. The molecule has 28 heavy (non-hydrogen) atoms. The lowest BCUT2D eigenvalue weighted by Crippen LogP contribution is -2.28. The first-order valence-electron chi connectivity index (χ1n) is 8.25. The van der Waals surface area contributed by atoms with E-state index in [9.17, 15) is 13.2 Å². The Labute approximate surface area is 167 Å². The number of nitrogens with one attached hydrogen (secondary N) is 3. The molecule has 0 bridgehead atoms. The van der Waals surface area contributed by atoms with Gasteiger partial charge in [-0.05, 0) is 54.1 Å². The molecule has 0 saturated heterocycles.